The van der Waals surface area contributed by atoms with Crippen molar-refractivity contribution in [1.29, 1.82) is 0 Å². The second kappa shape index (κ2) is 10.2. The van der Waals surface area contributed by atoms with Gasteiger partial charge in [0.25, 0.3) is 0 Å². The van der Waals surface area contributed by atoms with E-state index in [1.54, 1.807) is 0 Å². The molecule has 0 saturated carbocycles. The maximum atomic E-state index is 3.26. The molecule has 0 fully saturated rings. The molecule has 0 spiro atoms. The standard InChI is InChI=1S/C22H26S/c1-3-5-6-18-23-22-16-14-21(15-17-22)13-12-20-10-8-19(7-4-2)9-11-20/h8-11,14-17H,3-7,18H2,1-2H3. The van der Waals surface area contributed by atoms with Crippen LogP contribution in [0.25, 0.3) is 0 Å². The second-order valence-electron chi connectivity index (χ2n) is 5.78. The molecule has 0 radical (unpaired) electrons. The van der Waals surface area contributed by atoms with Crippen molar-refractivity contribution in [3.63, 3.8) is 0 Å². The number of benzene rings is 2. The van der Waals surface area contributed by atoms with Crippen molar-refractivity contribution in [3.8, 4) is 11.8 Å². The Morgan fingerprint density at radius 1 is 0.739 bits per heavy atom. The molecule has 2 rings (SSSR count). The number of thioether (sulfide) groups is 1. The average molecular weight is 323 g/mol. The fourth-order valence-corrected chi connectivity index (χ4v) is 3.28. The first-order chi connectivity index (χ1) is 11.3. The molecule has 0 saturated heterocycles. The molecule has 0 aliphatic carbocycles. The summed E-state index contributed by atoms with van der Waals surface area (Å²) in [7, 11) is 0. The fraction of sp³-hybridized carbons (Fsp3) is 0.364. The highest BCUT2D eigenvalue weighted by atomic mass is 32.2. The molecule has 0 aliphatic rings. The van der Waals surface area contributed by atoms with Gasteiger partial charge in [-0.3, -0.25) is 0 Å². The second-order valence-corrected chi connectivity index (χ2v) is 6.95. The van der Waals surface area contributed by atoms with Crippen LogP contribution < -0.4 is 0 Å². The Balaban J connectivity index is 1.90. The van der Waals surface area contributed by atoms with Crippen molar-refractivity contribution < 1.29 is 0 Å². The molecule has 0 amide bonds. The lowest BCUT2D eigenvalue weighted by Gasteiger charge is -2.01. The van der Waals surface area contributed by atoms with Crippen LogP contribution in [-0.2, 0) is 6.42 Å². The van der Waals surface area contributed by atoms with E-state index in [4.69, 9.17) is 0 Å². The van der Waals surface area contributed by atoms with Crippen LogP contribution in [0.4, 0.5) is 0 Å². The maximum absolute atomic E-state index is 3.26. The smallest absolute Gasteiger partial charge is 0.0249 e. The molecule has 0 heterocycles. The van der Waals surface area contributed by atoms with Crippen LogP contribution in [-0.4, -0.2) is 5.75 Å². The van der Waals surface area contributed by atoms with Crippen molar-refractivity contribution in [3.05, 3.63) is 65.2 Å². The van der Waals surface area contributed by atoms with Gasteiger partial charge in [-0.25, -0.2) is 0 Å². The third kappa shape index (κ3) is 6.55. The Labute approximate surface area is 145 Å². The van der Waals surface area contributed by atoms with Gasteiger partial charge in [0.1, 0.15) is 0 Å². The van der Waals surface area contributed by atoms with Gasteiger partial charge in [0.05, 0.1) is 0 Å². The molecule has 1 heteroatoms. The Morgan fingerprint density at radius 3 is 1.91 bits per heavy atom. The Kier molecular flexibility index (Phi) is 7.84. The van der Waals surface area contributed by atoms with Gasteiger partial charge in [-0.2, -0.15) is 0 Å². The predicted octanol–water partition coefficient (Wildman–Crippen LogP) is 6.32. The Bertz CT molecular complexity index is 626. The minimum Gasteiger partial charge on any atom is -0.126 e. The average Bonchev–Trinajstić information content (AvgIpc) is 2.59. The fourth-order valence-electron chi connectivity index (χ4n) is 2.36. The van der Waals surface area contributed by atoms with Gasteiger partial charge in [-0.05, 0) is 60.6 Å². The first kappa shape index (κ1) is 17.7. The molecule has 0 atom stereocenters. The van der Waals surface area contributed by atoms with Crippen LogP contribution >= 0.6 is 11.8 Å². The molecule has 0 nitrogen and oxygen atoms in total. The summed E-state index contributed by atoms with van der Waals surface area (Å²) in [5.41, 5.74) is 3.56. The van der Waals surface area contributed by atoms with Crippen molar-refractivity contribution in [1.82, 2.24) is 0 Å². The monoisotopic (exact) mass is 322 g/mol. The summed E-state index contributed by atoms with van der Waals surface area (Å²) in [6, 6.07) is 17.2. The summed E-state index contributed by atoms with van der Waals surface area (Å²) < 4.78 is 0. The molecular formula is C22H26S. The lowest BCUT2D eigenvalue weighted by Crippen LogP contribution is -1.83. The van der Waals surface area contributed by atoms with Gasteiger partial charge >= 0.3 is 0 Å². The van der Waals surface area contributed by atoms with E-state index in [0.717, 1.165) is 17.5 Å². The summed E-state index contributed by atoms with van der Waals surface area (Å²) >= 11 is 1.94. The highest BCUT2D eigenvalue weighted by Crippen LogP contribution is 2.20. The van der Waals surface area contributed by atoms with Gasteiger partial charge in [0.15, 0.2) is 0 Å². The SMILES string of the molecule is CCCCCSc1ccc(C#Cc2ccc(CCC)cc2)cc1. The van der Waals surface area contributed by atoms with Crippen LogP contribution in [0.2, 0.25) is 0 Å². The lowest BCUT2D eigenvalue weighted by atomic mass is 10.1. The first-order valence-corrected chi connectivity index (χ1v) is 9.64. The molecule has 2 aromatic carbocycles. The largest absolute Gasteiger partial charge is 0.126 e. The van der Waals surface area contributed by atoms with Gasteiger partial charge in [-0.1, -0.05) is 57.1 Å². The van der Waals surface area contributed by atoms with E-state index in [9.17, 15) is 0 Å². The lowest BCUT2D eigenvalue weighted by molar-refractivity contribution is 0.778. The van der Waals surface area contributed by atoms with Crippen LogP contribution in [0.5, 0.6) is 0 Å². The molecular weight excluding hydrogens is 296 g/mol. The number of unbranched alkanes of at least 4 members (excludes halogenated alkanes) is 2. The van der Waals surface area contributed by atoms with E-state index >= 15 is 0 Å². The minimum atomic E-state index is 1.08. The topological polar surface area (TPSA) is 0 Å². The Morgan fingerprint density at radius 2 is 1.35 bits per heavy atom. The molecule has 0 N–H and O–H groups in total. The Hall–Kier alpha value is -1.65. The van der Waals surface area contributed by atoms with E-state index in [1.165, 1.54) is 41.9 Å². The third-order valence-corrected chi connectivity index (χ3v) is 4.81. The summed E-state index contributed by atoms with van der Waals surface area (Å²) in [6.07, 6.45) is 6.25. The number of aryl methyl sites for hydroxylation is 1. The van der Waals surface area contributed by atoms with Gasteiger partial charge in [-0.15, -0.1) is 11.8 Å². The van der Waals surface area contributed by atoms with Crippen molar-refractivity contribution in [2.45, 2.75) is 50.8 Å². The summed E-state index contributed by atoms with van der Waals surface area (Å²) in [4.78, 5) is 1.34. The molecule has 0 aliphatic heterocycles. The van der Waals surface area contributed by atoms with Gasteiger partial charge in [0, 0.05) is 16.0 Å². The summed E-state index contributed by atoms with van der Waals surface area (Å²) in [5.74, 6) is 7.72. The van der Waals surface area contributed by atoms with Crippen LogP contribution in [0.15, 0.2) is 53.4 Å². The molecule has 0 aromatic heterocycles. The van der Waals surface area contributed by atoms with Crippen LogP contribution in [0.1, 0.15) is 56.2 Å². The maximum Gasteiger partial charge on any atom is 0.0249 e. The molecule has 2 aromatic rings. The molecule has 23 heavy (non-hydrogen) atoms. The number of rotatable bonds is 7. The molecule has 0 unspecified atom stereocenters. The zero-order chi connectivity index (χ0) is 16.3. The third-order valence-electron chi connectivity index (χ3n) is 3.71. The normalized spacial score (nSPS) is 10.2. The van der Waals surface area contributed by atoms with Crippen LogP contribution in [0, 0.1) is 11.8 Å². The van der Waals surface area contributed by atoms with E-state index in [-0.39, 0.29) is 0 Å². The number of hydrogen-bond acceptors (Lipinski definition) is 1. The van der Waals surface area contributed by atoms with Gasteiger partial charge < -0.3 is 0 Å². The van der Waals surface area contributed by atoms with Gasteiger partial charge in [0.2, 0.25) is 0 Å². The minimum absolute atomic E-state index is 1.08. The van der Waals surface area contributed by atoms with Crippen molar-refractivity contribution in [2.24, 2.45) is 0 Å². The zero-order valence-electron chi connectivity index (χ0n) is 14.3. The van der Waals surface area contributed by atoms with E-state index in [1.807, 2.05) is 11.8 Å². The summed E-state index contributed by atoms with van der Waals surface area (Å²) in [5, 5.41) is 0. The van der Waals surface area contributed by atoms with Crippen molar-refractivity contribution >= 4 is 11.8 Å². The van der Waals surface area contributed by atoms with Crippen LogP contribution in [0.3, 0.4) is 0 Å². The zero-order valence-corrected chi connectivity index (χ0v) is 15.1. The highest BCUT2D eigenvalue weighted by molar-refractivity contribution is 7.99. The highest BCUT2D eigenvalue weighted by Gasteiger charge is 1.95. The van der Waals surface area contributed by atoms with E-state index in [0.29, 0.717) is 0 Å². The first-order valence-electron chi connectivity index (χ1n) is 8.65. The molecule has 120 valence electrons. The van der Waals surface area contributed by atoms with E-state index in [2.05, 4.69) is 74.2 Å². The quantitative estimate of drug-likeness (QED) is 0.326. The van der Waals surface area contributed by atoms with Crippen molar-refractivity contribution in [2.75, 3.05) is 5.75 Å². The predicted molar refractivity (Wildman–Crippen MR) is 103 cm³/mol. The molecule has 0 bridgehead atoms. The van der Waals surface area contributed by atoms with E-state index < -0.39 is 0 Å². The number of hydrogen-bond donors (Lipinski definition) is 0. The summed E-state index contributed by atoms with van der Waals surface area (Å²) in [6.45, 7) is 4.45.